The van der Waals surface area contributed by atoms with Crippen molar-refractivity contribution in [1.82, 2.24) is 16.0 Å². The van der Waals surface area contributed by atoms with E-state index in [1.54, 1.807) is 27.7 Å². The van der Waals surface area contributed by atoms with Gasteiger partial charge in [0.2, 0.25) is 23.6 Å². The van der Waals surface area contributed by atoms with Crippen LogP contribution in [0.1, 0.15) is 98.5 Å². The summed E-state index contributed by atoms with van der Waals surface area (Å²) in [6, 6.07) is 14.9. The Labute approximate surface area is 324 Å². The highest BCUT2D eigenvalue weighted by Gasteiger charge is 2.33. The molecule has 1 aliphatic rings. The van der Waals surface area contributed by atoms with Crippen molar-refractivity contribution in [2.24, 2.45) is 28.0 Å². The minimum atomic E-state index is -1.01. The number of ketones is 2. The third-order valence-corrected chi connectivity index (χ3v) is 9.08. The number of hydrogen-bond acceptors (Lipinski definition) is 9. The van der Waals surface area contributed by atoms with Gasteiger partial charge in [0.1, 0.15) is 6.61 Å². The number of benzene rings is 2. The molecule has 1 aliphatic carbocycles. The number of fused-ring (bicyclic) bond motifs is 3. The number of nitrogens with one attached hydrogen (secondary N) is 3. The molecule has 15 heteroatoms. The van der Waals surface area contributed by atoms with Gasteiger partial charge in [-0.2, -0.15) is 0 Å². The van der Waals surface area contributed by atoms with Gasteiger partial charge in [-0.25, -0.2) is 4.79 Å². The van der Waals surface area contributed by atoms with Gasteiger partial charge in [0, 0.05) is 39.2 Å². The first-order valence-corrected chi connectivity index (χ1v) is 18.1. The monoisotopic (exact) mass is 771 g/mol. The second-order valence-corrected chi connectivity index (χ2v) is 14.6. The van der Waals surface area contributed by atoms with Crippen molar-refractivity contribution in [3.63, 3.8) is 0 Å². The summed E-state index contributed by atoms with van der Waals surface area (Å²) in [4.78, 5) is 82.3. The molecule has 5 amide bonds. The first kappa shape index (κ1) is 46.0. The van der Waals surface area contributed by atoms with E-state index >= 15 is 0 Å². The normalized spacial score (nSPS) is 13.1. The van der Waals surface area contributed by atoms with Gasteiger partial charge in [-0.1, -0.05) is 76.2 Å². The Morgan fingerprint density at radius 2 is 1.16 bits per heavy atom. The fraction of sp³-hybridized carbons (Fsp3) is 0.525. The third-order valence-electron chi connectivity index (χ3n) is 9.08. The molecule has 9 N–H and O–H groups in total. The van der Waals surface area contributed by atoms with E-state index in [2.05, 4.69) is 40.2 Å². The number of rotatable bonds is 19. The molecule has 3 rings (SSSR count). The lowest BCUT2D eigenvalue weighted by Gasteiger charge is -2.23. The lowest BCUT2D eigenvalue weighted by molar-refractivity contribution is -0.133. The lowest BCUT2D eigenvalue weighted by atomic mass is 9.84. The molecule has 304 valence electrons. The number of carbonyl (C=O) groups excluding carboxylic acids is 7. The number of amides is 5. The van der Waals surface area contributed by atoms with Crippen LogP contribution in [-0.2, 0) is 33.5 Å². The SMILES string of the molecule is CC(=O)N[C@@H](CCCN)C(=O)CC(C)(C)C(N)=O.CC(=O)N[C@@H](CCCNC(=O)OCC1c2ccccc2-c2ccccc21)C(=O)CC(C)(C)C(N)=O.[2H]CF. The summed E-state index contributed by atoms with van der Waals surface area (Å²) in [6.45, 7) is 10.0. The van der Waals surface area contributed by atoms with Crippen LogP contribution >= 0.6 is 0 Å². The predicted octanol–water partition coefficient (Wildman–Crippen LogP) is 3.57. The maximum absolute atomic E-state index is 12.6. The molecule has 0 radical (unpaired) electrons. The van der Waals surface area contributed by atoms with Gasteiger partial charge in [0.05, 0.1) is 31.4 Å². The maximum Gasteiger partial charge on any atom is 0.407 e. The number of primary amides is 2. The number of Topliss-reactive ketones (excluding diaryl/α,β-unsaturated/α-hetero) is 2. The highest BCUT2D eigenvalue weighted by Crippen LogP contribution is 2.44. The second kappa shape index (κ2) is 22.9. The van der Waals surface area contributed by atoms with Crippen LogP contribution in [0.4, 0.5) is 9.18 Å². The Morgan fingerprint density at radius 1 is 0.764 bits per heavy atom. The summed E-state index contributed by atoms with van der Waals surface area (Å²) in [5.74, 6) is -2.22. The van der Waals surface area contributed by atoms with E-state index in [0.29, 0.717) is 32.2 Å². The first-order chi connectivity index (χ1) is 26.2. The lowest BCUT2D eigenvalue weighted by Crippen LogP contribution is -2.44. The van der Waals surface area contributed by atoms with Gasteiger partial charge in [0.25, 0.3) is 0 Å². The maximum atomic E-state index is 12.6. The summed E-state index contributed by atoms with van der Waals surface area (Å²) in [6.07, 6.45) is 1.26. The Kier molecular flexibility index (Phi) is 19.1. The van der Waals surface area contributed by atoms with Crippen LogP contribution in [-0.4, -0.2) is 80.2 Å². The average molecular weight is 772 g/mol. The number of ether oxygens (including phenoxy) is 1. The van der Waals surface area contributed by atoms with Crippen LogP contribution in [0.25, 0.3) is 11.1 Å². The van der Waals surface area contributed by atoms with Crippen molar-refractivity contribution < 1.29 is 44.1 Å². The van der Waals surface area contributed by atoms with Crippen LogP contribution in [0.15, 0.2) is 48.5 Å². The van der Waals surface area contributed by atoms with E-state index in [0.717, 1.165) is 22.3 Å². The van der Waals surface area contributed by atoms with Crippen LogP contribution in [0, 0.1) is 10.8 Å². The fourth-order valence-electron chi connectivity index (χ4n) is 5.88. The Bertz CT molecular complexity index is 1630. The molecule has 0 aliphatic heterocycles. The van der Waals surface area contributed by atoms with Crippen LogP contribution < -0.4 is 33.2 Å². The summed E-state index contributed by atoms with van der Waals surface area (Å²) < 4.78 is 21.0. The summed E-state index contributed by atoms with van der Waals surface area (Å²) in [5, 5.41) is 7.91. The zero-order chi connectivity index (χ0) is 42.6. The van der Waals surface area contributed by atoms with E-state index in [-0.39, 0.29) is 55.3 Å². The highest BCUT2D eigenvalue weighted by molar-refractivity contribution is 5.94. The standard InChI is InChI=1S/C27H33N3O5.C12H23N3O3.CH3F/c1-17(31)30-23(24(32)15-27(2,3)25(28)33)13-8-14-29-26(34)35-16-22-20-11-6-4-9-18(20)19-10-5-7-12-21(19)22;1-8(16)15-9(5-4-6-13)10(17)7-12(2,3)11(14)18;1-2/h4-7,9-12,22-23H,8,13-16H2,1-3H3,(H2,28,33)(H,29,34)(H,30,31);9H,4-7,13H2,1-3H3,(H2,14,18)(H,15,16);1H3/t23-;9-;/m00./s1/i;;1D. The van der Waals surface area contributed by atoms with Gasteiger partial charge in [-0.15, -0.1) is 0 Å². The van der Waals surface area contributed by atoms with E-state index in [1.165, 1.54) is 13.8 Å². The smallest absolute Gasteiger partial charge is 0.407 e. The van der Waals surface area contributed by atoms with Crippen molar-refractivity contribution in [3.8, 4) is 11.1 Å². The molecule has 0 bridgehead atoms. The molecule has 2 aromatic rings. The third kappa shape index (κ3) is 15.6. The molecule has 0 fully saturated rings. The fourth-order valence-corrected chi connectivity index (χ4v) is 5.88. The number of hydrogen-bond donors (Lipinski definition) is 6. The molecule has 0 heterocycles. The number of alkyl halides is 1. The van der Waals surface area contributed by atoms with Crippen molar-refractivity contribution in [1.29, 1.82) is 0 Å². The molecular weight excluding hydrogens is 711 g/mol. The average Bonchev–Trinajstić information content (AvgIpc) is 3.43. The van der Waals surface area contributed by atoms with Crippen LogP contribution in [0.5, 0.6) is 0 Å². The Balaban J connectivity index is 0.000000629. The summed E-state index contributed by atoms with van der Waals surface area (Å²) in [7, 11) is -1.00. The largest absolute Gasteiger partial charge is 0.449 e. The van der Waals surface area contributed by atoms with Gasteiger partial charge < -0.3 is 37.9 Å². The minimum absolute atomic E-state index is 0.0118. The van der Waals surface area contributed by atoms with Gasteiger partial charge in [0.15, 0.2) is 11.6 Å². The number of carbonyl (C=O) groups is 7. The summed E-state index contributed by atoms with van der Waals surface area (Å²) >= 11 is 0. The van der Waals surface area contributed by atoms with E-state index in [4.69, 9.17) is 23.3 Å². The molecule has 55 heavy (non-hydrogen) atoms. The topological polar surface area (TPSA) is 243 Å². The van der Waals surface area contributed by atoms with E-state index < -0.39 is 48.0 Å². The van der Waals surface area contributed by atoms with Gasteiger partial charge in [-0.3, -0.25) is 33.2 Å². The zero-order valence-electron chi connectivity index (χ0n) is 33.8. The molecular formula is C40H59FN6O8. The van der Waals surface area contributed by atoms with Gasteiger partial charge in [-0.05, 0) is 54.5 Å². The quantitative estimate of drug-likeness (QED) is 0.114. The van der Waals surface area contributed by atoms with Crippen molar-refractivity contribution >= 4 is 41.3 Å². The minimum Gasteiger partial charge on any atom is -0.449 e. The molecule has 0 saturated heterocycles. The molecule has 2 atom stereocenters. The zero-order valence-corrected chi connectivity index (χ0v) is 32.8. The van der Waals surface area contributed by atoms with Gasteiger partial charge >= 0.3 is 6.09 Å². The molecule has 0 saturated carbocycles. The molecule has 14 nitrogen and oxygen atoms in total. The Morgan fingerprint density at radius 3 is 1.55 bits per heavy atom. The number of alkyl carbamates (subject to hydrolysis) is 1. The van der Waals surface area contributed by atoms with E-state index in [1.807, 2.05) is 24.3 Å². The van der Waals surface area contributed by atoms with Crippen molar-refractivity contribution in [2.75, 3.05) is 26.8 Å². The van der Waals surface area contributed by atoms with Crippen molar-refractivity contribution in [2.45, 2.75) is 98.1 Å². The molecule has 0 aromatic heterocycles. The highest BCUT2D eigenvalue weighted by atomic mass is 19.1. The molecule has 0 spiro atoms. The molecule has 2 aromatic carbocycles. The first-order valence-electron chi connectivity index (χ1n) is 18.8. The number of nitrogens with two attached hydrogens (primary N) is 3. The van der Waals surface area contributed by atoms with Crippen molar-refractivity contribution in [3.05, 3.63) is 59.7 Å². The number of halogens is 1. The van der Waals surface area contributed by atoms with E-state index in [9.17, 15) is 38.0 Å². The van der Waals surface area contributed by atoms with Crippen LogP contribution in [0.2, 0.25) is 0 Å². The Hall–Kier alpha value is -5.18. The van der Waals surface area contributed by atoms with Crippen LogP contribution in [0.3, 0.4) is 0 Å². The summed E-state index contributed by atoms with van der Waals surface area (Å²) in [5.41, 5.74) is 18.6. The molecule has 0 unspecified atom stereocenters. The predicted molar refractivity (Wildman–Crippen MR) is 208 cm³/mol. The second-order valence-electron chi connectivity index (χ2n) is 14.6.